The number of piperidine rings is 1. The van der Waals surface area contributed by atoms with Gasteiger partial charge in [0.05, 0.1) is 29.3 Å². The van der Waals surface area contributed by atoms with Crippen molar-refractivity contribution in [3.8, 4) is 5.75 Å². The normalized spacial score (nSPS) is 33.7. The Balaban J connectivity index is 1.64. The summed E-state index contributed by atoms with van der Waals surface area (Å²) in [6, 6.07) is 2.15. The van der Waals surface area contributed by atoms with Gasteiger partial charge in [0, 0.05) is 28.6 Å². The summed E-state index contributed by atoms with van der Waals surface area (Å²) >= 11 is 0. The van der Waals surface area contributed by atoms with Crippen molar-refractivity contribution < 1.29 is 39.9 Å². The summed E-state index contributed by atoms with van der Waals surface area (Å²) in [5, 5.41) is 64.8. The van der Waals surface area contributed by atoms with Crippen LogP contribution in [0.5, 0.6) is 5.75 Å². The van der Waals surface area contributed by atoms with Crippen LogP contribution in [0.1, 0.15) is 76.2 Å². The number of benzene rings is 1. The second-order valence-electron chi connectivity index (χ2n) is 14.3. The lowest BCUT2D eigenvalue weighted by molar-refractivity contribution is -0.162. The van der Waals surface area contributed by atoms with Crippen LogP contribution in [-0.2, 0) is 9.59 Å². The first-order valence-corrected chi connectivity index (χ1v) is 14.7. The number of fused-ring (bicyclic) bond motifs is 3. The molecule has 7 N–H and O–H groups in total. The maximum atomic E-state index is 14.2. The highest BCUT2D eigenvalue weighted by atomic mass is 16.4. The van der Waals surface area contributed by atoms with Crippen LogP contribution < -0.4 is 10.6 Å². The van der Waals surface area contributed by atoms with Crippen molar-refractivity contribution >= 4 is 23.0 Å². The van der Waals surface area contributed by atoms with E-state index in [2.05, 4.69) is 38.3 Å². The Labute approximate surface area is 251 Å². The number of ketones is 3. The van der Waals surface area contributed by atoms with E-state index in [1.807, 2.05) is 0 Å². The van der Waals surface area contributed by atoms with Crippen LogP contribution in [0, 0.1) is 11.8 Å². The molecule has 4 aliphatic rings. The number of Topliss-reactive ketones (excluding diaryl/α,β-unsaturated/α-hetero) is 3. The zero-order valence-corrected chi connectivity index (χ0v) is 25.9. The molecule has 0 aromatic heterocycles. The van der Waals surface area contributed by atoms with Gasteiger partial charge in [-0.15, -0.1) is 0 Å². The Hall–Kier alpha value is -3.25. The summed E-state index contributed by atoms with van der Waals surface area (Å²) in [5.41, 5.74) is -3.63. The van der Waals surface area contributed by atoms with E-state index in [4.69, 9.17) is 0 Å². The number of anilines is 1. The topological polar surface area (TPSA) is 180 Å². The lowest BCUT2D eigenvalue weighted by Crippen LogP contribution is -2.68. The third-order valence-corrected chi connectivity index (χ3v) is 9.79. The van der Waals surface area contributed by atoms with E-state index < -0.39 is 75.5 Å². The largest absolute Gasteiger partial charge is 0.510 e. The molecule has 11 nitrogen and oxygen atoms in total. The van der Waals surface area contributed by atoms with Gasteiger partial charge in [-0.05, 0) is 79.1 Å². The second-order valence-corrected chi connectivity index (χ2v) is 14.3. The van der Waals surface area contributed by atoms with Crippen molar-refractivity contribution in [1.82, 2.24) is 10.2 Å². The van der Waals surface area contributed by atoms with Crippen LogP contribution in [-0.4, -0.2) is 96.7 Å². The number of hydrogen-bond acceptors (Lipinski definition) is 11. The molecule has 11 heteroatoms. The molecule has 0 saturated carbocycles. The summed E-state index contributed by atoms with van der Waals surface area (Å²) < 4.78 is 0. The number of carbonyl (C=O) groups excluding carboxylic acids is 3. The van der Waals surface area contributed by atoms with Gasteiger partial charge in [-0.2, -0.15) is 0 Å². The summed E-state index contributed by atoms with van der Waals surface area (Å²) in [5.74, 6) is -8.06. The van der Waals surface area contributed by atoms with E-state index in [1.165, 1.54) is 4.90 Å². The number of rotatable bonds is 4. The Kier molecular flexibility index (Phi) is 7.17. The first-order valence-electron chi connectivity index (χ1n) is 14.7. The fraction of sp³-hybridized carbons (Fsp3) is 0.594. The van der Waals surface area contributed by atoms with E-state index in [-0.39, 0.29) is 28.4 Å². The first kappa shape index (κ1) is 31.2. The van der Waals surface area contributed by atoms with Gasteiger partial charge in [-0.1, -0.05) is 13.0 Å². The smallest absolute Gasteiger partial charge is 0.209 e. The van der Waals surface area contributed by atoms with Crippen molar-refractivity contribution in [1.29, 1.82) is 0 Å². The zero-order valence-electron chi connectivity index (χ0n) is 25.9. The predicted octanol–water partition coefficient (Wildman–Crippen LogP) is 2.48. The number of nitrogens with one attached hydrogen (secondary N) is 2. The van der Waals surface area contributed by atoms with Crippen molar-refractivity contribution in [2.45, 2.75) is 95.2 Å². The van der Waals surface area contributed by atoms with Crippen LogP contribution in [0.2, 0.25) is 0 Å². The number of aliphatic hydroxyl groups excluding tert-OH is 3. The van der Waals surface area contributed by atoms with Crippen molar-refractivity contribution in [2.24, 2.45) is 11.8 Å². The summed E-state index contributed by atoms with van der Waals surface area (Å²) in [4.78, 5) is 41.7. The molecule has 1 fully saturated rings. The van der Waals surface area contributed by atoms with Crippen LogP contribution in [0.25, 0.3) is 0 Å². The molecular weight excluding hydrogens is 554 g/mol. The highest BCUT2D eigenvalue weighted by Gasteiger charge is 2.67. The fourth-order valence-corrected chi connectivity index (χ4v) is 8.49. The van der Waals surface area contributed by atoms with E-state index in [9.17, 15) is 39.9 Å². The third-order valence-electron chi connectivity index (χ3n) is 9.79. The van der Waals surface area contributed by atoms with Gasteiger partial charge in [0.2, 0.25) is 5.78 Å². The minimum Gasteiger partial charge on any atom is -0.510 e. The molecular formula is C32H43N3O8. The quantitative estimate of drug-likeness (QED) is 0.200. The Morgan fingerprint density at radius 1 is 1.05 bits per heavy atom. The monoisotopic (exact) mass is 597 g/mol. The first-order chi connectivity index (χ1) is 19.7. The molecule has 0 spiro atoms. The molecule has 1 aliphatic heterocycles. The van der Waals surface area contributed by atoms with Gasteiger partial charge in [-0.25, -0.2) is 0 Å². The molecule has 0 bridgehead atoms. The minimum atomic E-state index is -2.86. The molecule has 1 heterocycles. The number of hydrogen-bond donors (Lipinski definition) is 7. The number of carbonyl (C=O) groups is 3. The molecule has 0 radical (unpaired) electrons. The maximum Gasteiger partial charge on any atom is 0.209 e. The molecule has 0 amide bonds. The van der Waals surface area contributed by atoms with Crippen LogP contribution in [0.4, 0.5) is 5.69 Å². The van der Waals surface area contributed by atoms with Gasteiger partial charge in [-0.3, -0.25) is 19.3 Å². The number of phenols is 1. The third kappa shape index (κ3) is 4.51. The minimum absolute atomic E-state index is 0.0306. The van der Waals surface area contributed by atoms with E-state index in [1.54, 1.807) is 33.2 Å². The lowest BCUT2D eigenvalue weighted by Gasteiger charge is -2.53. The second kappa shape index (κ2) is 9.88. The van der Waals surface area contributed by atoms with Gasteiger partial charge in [0.1, 0.15) is 22.8 Å². The van der Waals surface area contributed by atoms with Gasteiger partial charge in [0.15, 0.2) is 17.2 Å². The van der Waals surface area contributed by atoms with E-state index in [0.717, 1.165) is 19.8 Å². The standard InChI is InChI=1S/C32H43N3O8/c1-13-16-9-10-17(33-15-11-30(3,4)34-31(5,6)12-15)24(37)20(16)25(38)21-18(13)26(39)22-23(35(7)8)27(40)19(14(2)36)28(41)32(22,43)29(21)42/h9-10,13,15,18,22-23,26,33-34,37,39-40,42-43H,11-12H2,1-8H3/t13-,18+,22+,23-,26-,32+/m0/s1. The molecule has 5 rings (SSSR count). The molecule has 1 saturated heterocycles. The van der Waals surface area contributed by atoms with Crippen LogP contribution in [0.3, 0.4) is 0 Å². The zero-order chi connectivity index (χ0) is 32.1. The average molecular weight is 598 g/mol. The highest BCUT2D eigenvalue weighted by Crippen LogP contribution is 2.56. The summed E-state index contributed by atoms with van der Waals surface area (Å²) in [6.07, 6.45) is -0.0889. The molecule has 1 aromatic rings. The SMILES string of the molecule is CC(=O)C1=C(O)[C@@H](N(C)C)[C@@H]2[C@@H](O)[C@H]3C(=C(O)[C@]2(O)C1=O)C(=O)c1c(ccc(NC2CC(C)(C)NC(C)(C)C2)c1O)[C@@H]3C. The number of nitrogens with zero attached hydrogens (tertiary/aromatic N) is 1. The molecule has 6 atom stereocenters. The summed E-state index contributed by atoms with van der Waals surface area (Å²) in [7, 11) is 3.08. The highest BCUT2D eigenvalue weighted by molar-refractivity contribution is 6.25. The Morgan fingerprint density at radius 3 is 2.16 bits per heavy atom. The number of phenolic OH excluding ortho intramolecular Hbond substituents is 1. The molecule has 3 aliphatic carbocycles. The van der Waals surface area contributed by atoms with Crippen molar-refractivity contribution in [2.75, 3.05) is 19.4 Å². The Bertz CT molecular complexity index is 1480. The van der Waals surface area contributed by atoms with Crippen LogP contribution >= 0.6 is 0 Å². The fourth-order valence-electron chi connectivity index (χ4n) is 8.49. The number of aliphatic hydroxyl groups is 4. The molecule has 1 aromatic carbocycles. The lowest BCUT2D eigenvalue weighted by atomic mass is 9.55. The number of likely N-dealkylation sites (N-methyl/N-ethyl adjacent to an activating group) is 1. The maximum absolute atomic E-state index is 14.2. The van der Waals surface area contributed by atoms with Crippen molar-refractivity contribution in [3.63, 3.8) is 0 Å². The van der Waals surface area contributed by atoms with Crippen LogP contribution in [0.15, 0.2) is 34.8 Å². The van der Waals surface area contributed by atoms with Gasteiger partial charge < -0.3 is 36.2 Å². The van der Waals surface area contributed by atoms with E-state index >= 15 is 0 Å². The van der Waals surface area contributed by atoms with Gasteiger partial charge >= 0.3 is 0 Å². The molecule has 0 unspecified atom stereocenters. The number of aromatic hydroxyl groups is 1. The average Bonchev–Trinajstić information content (AvgIpc) is 2.85. The van der Waals surface area contributed by atoms with Crippen molar-refractivity contribution in [3.05, 3.63) is 45.9 Å². The van der Waals surface area contributed by atoms with Gasteiger partial charge in [0.25, 0.3) is 0 Å². The Morgan fingerprint density at radius 2 is 1.63 bits per heavy atom. The molecule has 43 heavy (non-hydrogen) atoms. The summed E-state index contributed by atoms with van der Waals surface area (Å²) in [6.45, 7) is 11.2. The molecule has 234 valence electrons. The predicted molar refractivity (Wildman–Crippen MR) is 159 cm³/mol. The van der Waals surface area contributed by atoms with E-state index in [0.29, 0.717) is 11.3 Å².